The van der Waals surface area contributed by atoms with Gasteiger partial charge in [0.2, 0.25) is 0 Å². The van der Waals surface area contributed by atoms with E-state index in [4.69, 9.17) is 0 Å². The summed E-state index contributed by atoms with van der Waals surface area (Å²) < 4.78 is 13.7. The highest BCUT2D eigenvalue weighted by Crippen LogP contribution is 2.28. The van der Waals surface area contributed by atoms with Crippen LogP contribution in [-0.2, 0) is 6.42 Å². The molecule has 2 heteroatoms. The number of fused-ring (bicyclic) bond motifs is 1. The third-order valence-corrected chi connectivity index (χ3v) is 3.20. The van der Waals surface area contributed by atoms with Gasteiger partial charge in [-0.05, 0) is 42.5 Å². The van der Waals surface area contributed by atoms with E-state index >= 15 is 0 Å². The van der Waals surface area contributed by atoms with E-state index in [2.05, 4.69) is 25.2 Å². The molecular weight excluding hydrogens is 189 g/mol. The Labute approximate surface area is 90.7 Å². The average molecular weight is 207 g/mol. The maximum atomic E-state index is 13.7. The summed E-state index contributed by atoms with van der Waals surface area (Å²) in [7, 11) is 0. The van der Waals surface area contributed by atoms with Crippen molar-refractivity contribution in [1.29, 1.82) is 0 Å². The summed E-state index contributed by atoms with van der Waals surface area (Å²) in [6.07, 6.45) is 1.87. The van der Waals surface area contributed by atoms with Gasteiger partial charge in [0.05, 0.1) is 0 Å². The molecule has 1 aliphatic rings. The summed E-state index contributed by atoms with van der Waals surface area (Å²) >= 11 is 0. The van der Waals surface area contributed by atoms with Gasteiger partial charge in [-0.3, -0.25) is 0 Å². The van der Waals surface area contributed by atoms with E-state index in [0.717, 1.165) is 30.5 Å². The SMILES string of the molecule is CCC1NCC(C)Cc2c(F)cccc21. The van der Waals surface area contributed by atoms with E-state index in [9.17, 15) is 4.39 Å². The average Bonchev–Trinajstić information content (AvgIpc) is 2.38. The third-order valence-electron chi connectivity index (χ3n) is 3.20. The number of nitrogens with one attached hydrogen (secondary N) is 1. The van der Waals surface area contributed by atoms with Crippen LogP contribution in [0.3, 0.4) is 0 Å². The summed E-state index contributed by atoms with van der Waals surface area (Å²) in [5.41, 5.74) is 2.07. The second kappa shape index (κ2) is 4.31. The Morgan fingerprint density at radius 2 is 2.27 bits per heavy atom. The Balaban J connectivity index is 2.45. The van der Waals surface area contributed by atoms with Crippen molar-refractivity contribution >= 4 is 0 Å². The molecule has 1 aliphatic heterocycles. The quantitative estimate of drug-likeness (QED) is 0.746. The smallest absolute Gasteiger partial charge is 0.126 e. The summed E-state index contributed by atoms with van der Waals surface area (Å²) in [5.74, 6) is 0.471. The normalized spacial score (nSPS) is 25.8. The lowest BCUT2D eigenvalue weighted by molar-refractivity contribution is 0.468. The highest BCUT2D eigenvalue weighted by Gasteiger charge is 2.21. The number of hydrogen-bond donors (Lipinski definition) is 1. The fraction of sp³-hybridized carbons (Fsp3) is 0.538. The van der Waals surface area contributed by atoms with E-state index in [0.29, 0.717) is 12.0 Å². The molecule has 0 amide bonds. The lowest BCUT2D eigenvalue weighted by atomic mass is 9.94. The van der Waals surface area contributed by atoms with Crippen LogP contribution < -0.4 is 5.32 Å². The first kappa shape index (κ1) is 10.6. The fourth-order valence-corrected chi connectivity index (χ4v) is 2.36. The maximum Gasteiger partial charge on any atom is 0.126 e. The molecule has 1 nitrogen and oxygen atoms in total. The van der Waals surface area contributed by atoms with Gasteiger partial charge in [0.15, 0.2) is 0 Å². The first-order valence-corrected chi connectivity index (χ1v) is 5.73. The summed E-state index contributed by atoms with van der Waals surface area (Å²) in [4.78, 5) is 0. The number of benzene rings is 1. The second-order valence-electron chi connectivity index (χ2n) is 4.49. The van der Waals surface area contributed by atoms with Crippen LogP contribution in [0.5, 0.6) is 0 Å². The van der Waals surface area contributed by atoms with Crippen molar-refractivity contribution < 1.29 is 4.39 Å². The molecule has 0 bridgehead atoms. The molecule has 1 N–H and O–H groups in total. The molecule has 0 radical (unpaired) electrons. The largest absolute Gasteiger partial charge is 0.310 e. The lowest BCUT2D eigenvalue weighted by Crippen LogP contribution is -2.23. The van der Waals surface area contributed by atoms with Gasteiger partial charge in [-0.25, -0.2) is 4.39 Å². The minimum Gasteiger partial charge on any atom is -0.310 e. The zero-order valence-corrected chi connectivity index (χ0v) is 9.39. The molecule has 1 aromatic carbocycles. The molecule has 2 atom stereocenters. The molecule has 82 valence electrons. The summed E-state index contributed by atoms with van der Waals surface area (Å²) in [6.45, 7) is 5.29. The molecular formula is C13H18FN. The molecule has 2 unspecified atom stereocenters. The molecule has 1 aromatic rings. The van der Waals surface area contributed by atoms with Crippen LogP contribution in [0.15, 0.2) is 18.2 Å². The zero-order chi connectivity index (χ0) is 10.8. The molecule has 0 spiro atoms. The van der Waals surface area contributed by atoms with Crippen LogP contribution in [0.4, 0.5) is 4.39 Å². The van der Waals surface area contributed by atoms with Crippen molar-refractivity contribution in [3.63, 3.8) is 0 Å². The van der Waals surface area contributed by atoms with Crippen LogP contribution in [0.1, 0.15) is 37.4 Å². The highest BCUT2D eigenvalue weighted by molar-refractivity contribution is 5.32. The van der Waals surface area contributed by atoms with Crippen molar-refractivity contribution in [2.75, 3.05) is 6.54 Å². The number of hydrogen-bond acceptors (Lipinski definition) is 1. The van der Waals surface area contributed by atoms with Crippen LogP contribution in [0.25, 0.3) is 0 Å². The first-order valence-electron chi connectivity index (χ1n) is 5.73. The van der Waals surface area contributed by atoms with Crippen molar-refractivity contribution in [2.45, 2.75) is 32.7 Å². The van der Waals surface area contributed by atoms with Crippen molar-refractivity contribution in [3.8, 4) is 0 Å². The zero-order valence-electron chi connectivity index (χ0n) is 9.39. The third kappa shape index (κ3) is 2.05. The Morgan fingerprint density at radius 1 is 1.47 bits per heavy atom. The molecule has 15 heavy (non-hydrogen) atoms. The minimum absolute atomic E-state index is 0.0403. The summed E-state index contributed by atoms with van der Waals surface area (Å²) in [6, 6.07) is 5.76. The highest BCUT2D eigenvalue weighted by atomic mass is 19.1. The monoisotopic (exact) mass is 207 g/mol. The van der Waals surface area contributed by atoms with Gasteiger partial charge in [-0.1, -0.05) is 26.0 Å². The van der Waals surface area contributed by atoms with Gasteiger partial charge >= 0.3 is 0 Å². The van der Waals surface area contributed by atoms with Crippen LogP contribution in [0, 0.1) is 11.7 Å². The second-order valence-corrected chi connectivity index (χ2v) is 4.49. The maximum absolute atomic E-state index is 13.7. The Bertz CT molecular complexity index is 348. The van der Waals surface area contributed by atoms with Gasteiger partial charge in [0.25, 0.3) is 0 Å². The molecule has 0 aromatic heterocycles. The van der Waals surface area contributed by atoms with E-state index < -0.39 is 0 Å². The van der Waals surface area contributed by atoms with Crippen LogP contribution in [0.2, 0.25) is 0 Å². The lowest BCUT2D eigenvalue weighted by Gasteiger charge is -2.16. The molecule has 0 saturated carbocycles. The van der Waals surface area contributed by atoms with E-state index in [-0.39, 0.29) is 5.82 Å². The molecule has 0 saturated heterocycles. The van der Waals surface area contributed by atoms with E-state index in [1.165, 1.54) is 0 Å². The summed E-state index contributed by atoms with van der Waals surface area (Å²) in [5, 5.41) is 3.50. The number of rotatable bonds is 1. The van der Waals surface area contributed by atoms with Gasteiger partial charge < -0.3 is 5.32 Å². The molecule has 0 aliphatic carbocycles. The fourth-order valence-electron chi connectivity index (χ4n) is 2.36. The van der Waals surface area contributed by atoms with Gasteiger partial charge in [0.1, 0.15) is 5.82 Å². The van der Waals surface area contributed by atoms with Gasteiger partial charge in [-0.2, -0.15) is 0 Å². The Morgan fingerprint density at radius 3 is 3.00 bits per heavy atom. The van der Waals surface area contributed by atoms with Gasteiger partial charge in [0, 0.05) is 6.04 Å². The predicted octanol–water partition coefficient (Wildman–Crippen LogP) is 3.06. The first-order chi connectivity index (χ1) is 7.22. The van der Waals surface area contributed by atoms with E-state index in [1.54, 1.807) is 6.07 Å². The minimum atomic E-state index is -0.0403. The van der Waals surface area contributed by atoms with E-state index in [1.807, 2.05) is 6.07 Å². The van der Waals surface area contributed by atoms with Crippen LogP contribution in [-0.4, -0.2) is 6.54 Å². The Kier molecular flexibility index (Phi) is 3.06. The van der Waals surface area contributed by atoms with Crippen molar-refractivity contribution in [2.24, 2.45) is 5.92 Å². The molecule has 1 heterocycles. The topological polar surface area (TPSA) is 12.0 Å². The van der Waals surface area contributed by atoms with Crippen molar-refractivity contribution in [3.05, 3.63) is 35.1 Å². The predicted molar refractivity (Wildman–Crippen MR) is 60.3 cm³/mol. The van der Waals surface area contributed by atoms with Crippen LogP contribution >= 0.6 is 0 Å². The van der Waals surface area contributed by atoms with Gasteiger partial charge in [-0.15, -0.1) is 0 Å². The number of halogens is 1. The molecule has 2 rings (SSSR count). The standard InChI is InChI=1S/C13H18FN/c1-3-13-10-5-4-6-12(14)11(10)7-9(2)8-15-13/h4-6,9,13,15H,3,7-8H2,1-2H3. The Hall–Kier alpha value is -0.890. The molecule has 0 fully saturated rings. The van der Waals surface area contributed by atoms with Crippen molar-refractivity contribution in [1.82, 2.24) is 5.32 Å².